The molecule has 1 aromatic carbocycles. The van der Waals surface area contributed by atoms with Crippen LogP contribution >= 0.6 is 0 Å². The zero-order valence-corrected chi connectivity index (χ0v) is 10.7. The smallest absolute Gasteiger partial charge is 0.126 e. The van der Waals surface area contributed by atoms with E-state index in [1.165, 1.54) is 37.8 Å². The Kier molecular flexibility index (Phi) is 4.70. The Morgan fingerprint density at radius 2 is 1.78 bits per heavy atom. The zero-order chi connectivity index (χ0) is 13.0. The summed E-state index contributed by atoms with van der Waals surface area (Å²) < 4.78 is 26.7. The zero-order valence-electron chi connectivity index (χ0n) is 10.7. The van der Waals surface area contributed by atoms with E-state index in [0.29, 0.717) is 17.9 Å². The molecule has 0 spiro atoms. The molecule has 3 heteroatoms. The van der Waals surface area contributed by atoms with E-state index in [1.54, 1.807) is 0 Å². The molecule has 0 aromatic heterocycles. The minimum atomic E-state index is -0.389. The Morgan fingerprint density at radius 3 is 2.44 bits per heavy atom. The lowest BCUT2D eigenvalue weighted by atomic mass is 9.88. The first-order valence-corrected chi connectivity index (χ1v) is 6.86. The van der Waals surface area contributed by atoms with E-state index in [4.69, 9.17) is 5.73 Å². The van der Waals surface area contributed by atoms with Crippen LogP contribution in [0.5, 0.6) is 0 Å². The third kappa shape index (κ3) is 3.52. The van der Waals surface area contributed by atoms with E-state index < -0.39 is 0 Å². The van der Waals surface area contributed by atoms with Crippen molar-refractivity contribution in [1.29, 1.82) is 0 Å². The number of hydrogen-bond donors (Lipinski definition) is 1. The predicted octanol–water partition coefficient (Wildman–Crippen LogP) is 3.81. The van der Waals surface area contributed by atoms with Gasteiger partial charge in [0.25, 0.3) is 0 Å². The molecule has 1 fully saturated rings. The summed E-state index contributed by atoms with van der Waals surface area (Å²) in [5.41, 5.74) is 6.59. The van der Waals surface area contributed by atoms with Gasteiger partial charge in [-0.1, -0.05) is 25.7 Å². The monoisotopic (exact) mass is 253 g/mol. The van der Waals surface area contributed by atoms with E-state index >= 15 is 0 Å². The fourth-order valence-corrected chi connectivity index (χ4v) is 2.86. The SMILES string of the molecule is NC(Cc1cc(F)ccc1F)C1CCCCCC1. The molecule has 1 aliphatic carbocycles. The molecule has 0 aliphatic heterocycles. The number of halogens is 2. The molecule has 1 aliphatic rings. The maximum atomic E-state index is 13.6. The van der Waals surface area contributed by atoms with Crippen molar-refractivity contribution in [3.63, 3.8) is 0 Å². The van der Waals surface area contributed by atoms with Crippen LogP contribution in [0.25, 0.3) is 0 Å². The second-order valence-corrected chi connectivity index (χ2v) is 5.36. The van der Waals surface area contributed by atoms with Gasteiger partial charge in [-0.05, 0) is 48.9 Å². The van der Waals surface area contributed by atoms with Crippen molar-refractivity contribution in [3.8, 4) is 0 Å². The number of benzene rings is 1. The Bertz CT molecular complexity index is 384. The first kappa shape index (κ1) is 13.5. The summed E-state index contributed by atoms with van der Waals surface area (Å²) >= 11 is 0. The van der Waals surface area contributed by atoms with Gasteiger partial charge in [-0.15, -0.1) is 0 Å². The van der Waals surface area contributed by atoms with Crippen molar-refractivity contribution in [3.05, 3.63) is 35.4 Å². The highest BCUT2D eigenvalue weighted by Gasteiger charge is 2.20. The highest BCUT2D eigenvalue weighted by Crippen LogP contribution is 2.26. The minimum Gasteiger partial charge on any atom is -0.327 e. The maximum Gasteiger partial charge on any atom is 0.126 e. The van der Waals surface area contributed by atoms with Gasteiger partial charge < -0.3 is 5.73 Å². The molecule has 100 valence electrons. The molecule has 1 unspecified atom stereocenters. The molecule has 2 N–H and O–H groups in total. The number of hydrogen-bond acceptors (Lipinski definition) is 1. The third-order valence-corrected chi connectivity index (χ3v) is 3.97. The molecule has 0 amide bonds. The second kappa shape index (κ2) is 6.28. The lowest BCUT2D eigenvalue weighted by molar-refractivity contribution is 0.369. The van der Waals surface area contributed by atoms with Crippen LogP contribution in [0, 0.1) is 17.6 Å². The Morgan fingerprint density at radius 1 is 1.11 bits per heavy atom. The lowest BCUT2D eigenvalue weighted by Crippen LogP contribution is -2.32. The maximum absolute atomic E-state index is 13.6. The van der Waals surface area contributed by atoms with E-state index in [1.807, 2.05) is 0 Å². The van der Waals surface area contributed by atoms with Crippen LogP contribution in [0.1, 0.15) is 44.1 Å². The highest BCUT2D eigenvalue weighted by atomic mass is 19.1. The second-order valence-electron chi connectivity index (χ2n) is 5.36. The molecule has 1 aromatic rings. The standard InChI is InChI=1S/C15H21F2N/c16-13-7-8-14(17)12(9-13)10-15(18)11-5-3-1-2-4-6-11/h7-9,11,15H,1-6,10,18H2. The molecule has 1 atom stereocenters. The Balaban J connectivity index is 2.00. The Labute approximate surface area is 107 Å². The normalized spacial score (nSPS) is 19.5. The number of nitrogens with two attached hydrogens (primary N) is 1. The Hall–Kier alpha value is -0.960. The van der Waals surface area contributed by atoms with E-state index in [0.717, 1.165) is 18.9 Å². The van der Waals surface area contributed by atoms with Gasteiger partial charge in [-0.3, -0.25) is 0 Å². The van der Waals surface area contributed by atoms with Crippen molar-refractivity contribution < 1.29 is 8.78 Å². The molecular formula is C15H21F2N. The summed E-state index contributed by atoms with van der Waals surface area (Å²) in [6.07, 6.45) is 7.66. The fraction of sp³-hybridized carbons (Fsp3) is 0.600. The van der Waals surface area contributed by atoms with Crippen LogP contribution in [0.4, 0.5) is 8.78 Å². The summed E-state index contributed by atoms with van der Waals surface area (Å²) in [6, 6.07) is 3.55. The lowest BCUT2D eigenvalue weighted by Gasteiger charge is -2.22. The van der Waals surface area contributed by atoms with Crippen LogP contribution in [0.2, 0.25) is 0 Å². The van der Waals surface area contributed by atoms with Crippen molar-refractivity contribution >= 4 is 0 Å². The molecule has 1 nitrogen and oxygen atoms in total. The fourth-order valence-electron chi connectivity index (χ4n) is 2.86. The summed E-state index contributed by atoms with van der Waals surface area (Å²) in [5, 5.41) is 0. The molecule has 2 rings (SSSR count). The quantitative estimate of drug-likeness (QED) is 0.815. The van der Waals surface area contributed by atoms with Gasteiger partial charge in [0.1, 0.15) is 11.6 Å². The van der Waals surface area contributed by atoms with Crippen LogP contribution in [-0.2, 0) is 6.42 Å². The highest BCUT2D eigenvalue weighted by molar-refractivity contribution is 5.19. The van der Waals surface area contributed by atoms with E-state index in [2.05, 4.69) is 0 Å². The first-order chi connectivity index (χ1) is 8.66. The van der Waals surface area contributed by atoms with Crippen molar-refractivity contribution in [1.82, 2.24) is 0 Å². The summed E-state index contributed by atoms with van der Waals surface area (Å²) in [6.45, 7) is 0. The van der Waals surface area contributed by atoms with Gasteiger partial charge in [0.2, 0.25) is 0 Å². The molecule has 0 saturated heterocycles. The van der Waals surface area contributed by atoms with Crippen molar-refractivity contribution in [2.24, 2.45) is 11.7 Å². The molecule has 0 radical (unpaired) electrons. The average molecular weight is 253 g/mol. The van der Waals surface area contributed by atoms with Crippen LogP contribution in [0.15, 0.2) is 18.2 Å². The minimum absolute atomic E-state index is 0.0561. The average Bonchev–Trinajstić information content (AvgIpc) is 2.62. The summed E-state index contributed by atoms with van der Waals surface area (Å²) in [4.78, 5) is 0. The molecular weight excluding hydrogens is 232 g/mol. The van der Waals surface area contributed by atoms with Gasteiger partial charge in [0.15, 0.2) is 0 Å². The molecule has 1 saturated carbocycles. The summed E-state index contributed by atoms with van der Waals surface area (Å²) in [7, 11) is 0. The largest absolute Gasteiger partial charge is 0.327 e. The van der Waals surface area contributed by atoms with Crippen LogP contribution in [0.3, 0.4) is 0 Å². The van der Waals surface area contributed by atoms with Gasteiger partial charge >= 0.3 is 0 Å². The molecule has 18 heavy (non-hydrogen) atoms. The van der Waals surface area contributed by atoms with Gasteiger partial charge in [0.05, 0.1) is 0 Å². The van der Waals surface area contributed by atoms with Crippen molar-refractivity contribution in [2.45, 2.75) is 51.0 Å². The third-order valence-electron chi connectivity index (χ3n) is 3.97. The van der Waals surface area contributed by atoms with Crippen molar-refractivity contribution in [2.75, 3.05) is 0 Å². The van der Waals surface area contributed by atoms with E-state index in [9.17, 15) is 8.78 Å². The van der Waals surface area contributed by atoms with E-state index in [-0.39, 0.29) is 17.7 Å². The predicted molar refractivity (Wildman–Crippen MR) is 69.2 cm³/mol. The molecule has 0 heterocycles. The first-order valence-electron chi connectivity index (χ1n) is 6.86. The number of rotatable bonds is 3. The summed E-state index contributed by atoms with van der Waals surface area (Å²) in [5.74, 6) is -0.282. The van der Waals surface area contributed by atoms with Crippen LogP contribution in [-0.4, -0.2) is 6.04 Å². The van der Waals surface area contributed by atoms with Gasteiger partial charge in [-0.25, -0.2) is 8.78 Å². The molecule has 0 bridgehead atoms. The van der Waals surface area contributed by atoms with Gasteiger partial charge in [-0.2, -0.15) is 0 Å². The van der Waals surface area contributed by atoms with Crippen LogP contribution < -0.4 is 5.73 Å². The van der Waals surface area contributed by atoms with Gasteiger partial charge in [0, 0.05) is 6.04 Å². The topological polar surface area (TPSA) is 26.0 Å².